The molecule has 4 rings (SSSR count). The summed E-state index contributed by atoms with van der Waals surface area (Å²) in [5, 5.41) is 21.2. The Bertz CT molecular complexity index is 1450. The number of nitrogens with one attached hydrogen (secondary N) is 1. The molecule has 0 saturated carbocycles. The highest BCUT2D eigenvalue weighted by Crippen LogP contribution is 2.47. The fourth-order valence-electron chi connectivity index (χ4n) is 4.84. The molecular weight excluding hydrogens is 481 g/mol. The summed E-state index contributed by atoms with van der Waals surface area (Å²) in [6.07, 6.45) is -5.22. The lowest BCUT2D eigenvalue weighted by Gasteiger charge is -2.38. The van der Waals surface area contributed by atoms with E-state index in [0.717, 1.165) is 6.26 Å². The van der Waals surface area contributed by atoms with Gasteiger partial charge in [-0.25, -0.2) is 8.42 Å². The fourth-order valence-corrected chi connectivity index (χ4v) is 5.52. The van der Waals surface area contributed by atoms with Crippen LogP contribution in [0, 0.1) is 11.3 Å². The van der Waals surface area contributed by atoms with E-state index < -0.39 is 39.9 Å². The van der Waals surface area contributed by atoms with Crippen molar-refractivity contribution in [2.45, 2.75) is 55.2 Å². The molecule has 6 nitrogen and oxygen atoms in total. The van der Waals surface area contributed by atoms with Crippen molar-refractivity contribution in [3.05, 3.63) is 58.8 Å². The first-order valence-electron chi connectivity index (χ1n) is 11.0. The molecule has 1 unspecified atom stereocenters. The Balaban J connectivity index is 1.80. The lowest BCUT2D eigenvalue weighted by atomic mass is 9.72. The zero-order valence-corrected chi connectivity index (χ0v) is 20.3. The van der Waals surface area contributed by atoms with E-state index in [4.69, 9.17) is 4.74 Å². The molecular formula is C25H25F3N2O4S. The maximum atomic E-state index is 14.4. The van der Waals surface area contributed by atoms with Gasteiger partial charge in [-0.2, -0.15) is 18.4 Å². The molecule has 3 aromatic rings. The number of nitriles is 1. The molecule has 186 valence electrons. The number of aliphatic hydroxyl groups is 1. The van der Waals surface area contributed by atoms with E-state index >= 15 is 0 Å². The van der Waals surface area contributed by atoms with Crippen LogP contribution in [0.15, 0.2) is 41.3 Å². The number of halogens is 3. The molecule has 0 aliphatic carbocycles. The van der Waals surface area contributed by atoms with Crippen molar-refractivity contribution in [1.29, 1.82) is 5.26 Å². The zero-order chi connectivity index (χ0) is 25.8. The minimum Gasteiger partial charge on any atom is -0.493 e. The van der Waals surface area contributed by atoms with Crippen LogP contribution in [0.5, 0.6) is 5.75 Å². The largest absolute Gasteiger partial charge is 0.493 e. The number of nitrogens with zero attached hydrogens (tertiary/aromatic N) is 1. The van der Waals surface area contributed by atoms with Crippen molar-refractivity contribution < 1.29 is 31.4 Å². The molecule has 0 spiro atoms. The Kier molecular flexibility index (Phi) is 5.93. The summed E-state index contributed by atoms with van der Waals surface area (Å²) in [6.45, 7) is 3.32. The number of fused-ring (bicyclic) bond motifs is 2. The molecule has 0 saturated heterocycles. The van der Waals surface area contributed by atoms with Crippen molar-refractivity contribution in [3.63, 3.8) is 0 Å². The van der Waals surface area contributed by atoms with Crippen LogP contribution in [0.1, 0.15) is 42.7 Å². The maximum absolute atomic E-state index is 14.4. The summed E-state index contributed by atoms with van der Waals surface area (Å²) in [5.74, 6) is 0.357. The van der Waals surface area contributed by atoms with E-state index in [1.807, 2.05) is 6.07 Å². The number of para-hydroxylation sites is 1. The molecule has 2 N–H and O–H groups in total. The van der Waals surface area contributed by atoms with Crippen LogP contribution >= 0.6 is 0 Å². The lowest BCUT2D eigenvalue weighted by Crippen LogP contribution is -2.51. The number of aromatic amines is 1. The third-order valence-electron chi connectivity index (χ3n) is 6.54. The molecule has 1 aliphatic heterocycles. The number of benzene rings is 2. The van der Waals surface area contributed by atoms with E-state index in [1.54, 1.807) is 24.3 Å². The quantitative estimate of drug-likeness (QED) is 0.509. The Morgan fingerprint density at radius 2 is 1.89 bits per heavy atom. The number of aromatic nitrogens is 1. The Morgan fingerprint density at radius 1 is 1.20 bits per heavy atom. The maximum Gasteiger partial charge on any atom is 0.417 e. The molecule has 2 heterocycles. The predicted molar refractivity (Wildman–Crippen MR) is 124 cm³/mol. The molecule has 35 heavy (non-hydrogen) atoms. The molecule has 0 fully saturated rings. The first-order chi connectivity index (χ1) is 16.2. The summed E-state index contributed by atoms with van der Waals surface area (Å²) < 4.78 is 73.4. The highest BCUT2D eigenvalue weighted by molar-refractivity contribution is 7.90. The summed E-state index contributed by atoms with van der Waals surface area (Å²) in [5.41, 5.74) is -3.13. The summed E-state index contributed by atoms with van der Waals surface area (Å²) in [4.78, 5) is 2.84. The van der Waals surface area contributed by atoms with Gasteiger partial charge in [-0.05, 0) is 35.6 Å². The number of ether oxygens (including phenoxy) is 1. The van der Waals surface area contributed by atoms with Gasteiger partial charge in [-0.3, -0.25) is 0 Å². The van der Waals surface area contributed by atoms with E-state index in [1.165, 1.54) is 26.0 Å². The summed E-state index contributed by atoms with van der Waals surface area (Å²) >= 11 is 0. The first-order valence-corrected chi connectivity index (χ1v) is 12.8. The second-order valence-electron chi connectivity index (χ2n) is 9.73. The van der Waals surface area contributed by atoms with E-state index in [9.17, 15) is 32.0 Å². The summed E-state index contributed by atoms with van der Waals surface area (Å²) in [7, 11) is -3.63. The third kappa shape index (κ3) is 4.50. The van der Waals surface area contributed by atoms with Gasteiger partial charge < -0.3 is 14.8 Å². The predicted octanol–water partition coefficient (Wildman–Crippen LogP) is 4.58. The SMILES string of the molecule is CC(C)(CC(O)(Cc1[nH]c2ccccc2c1C#N)C(F)(F)F)c1cc(S(C)(=O)=O)cc2c1OCC2. The van der Waals surface area contributed by atoms with E-state index in [-0.39, 0.29) is 28.3 Å². The molecule has 1 aromatic heterocycles. The molecule has 0 radical (unpaired) electrons. The number of hydrogen-bond donors (Lipinski definition) is 2. The summed E-state index contributed by atoms with van der Waals surface area (Å²) in [6, 6.07) is 11.4. The van der Waals surface area contributed by atoms with Gasteiger partial charge in [0.15, 0.2) is 15.4 Å². The third-order valence-corrected chi connectivity index (χ3v) is 7.63. The molecule has 10 heteroatoms. The van der Waals surface area contributed by atoms with Crippen LogP contribution in [0.3, 0.4) is 0 Å². The van der Waals surface area contributed by atoms with Gasteiger partial charge in [0.1, 0.15) is 11.8 Å². The number of alkyl halides is 3. The van der Waals surface area contributed by atoms with Crippen LogP contribution < -0.4 is 4.74 Å². The van der Waals surface area contributed by atoms with Crippen molar-refractivity contribution in [2.75, 3.05) is 12.9 Å². The second kappa shape index (κ2) is 8.28. The molecule has 1 atom stereocenters. The smallest absolute Gasteiger partial charge is 0.417 e. The van der Waals surface area contributed by atoms with Gasteiger partial charge in [0.25, 0.3) is 0 Å². The molecule has 1 aliphatic rings. The van der Waals surface area contributed by atoms with Crippen molar-refractivity contribution in [1.82, 2.24) is 4.98 Å². The van der Waals surface area contributed by atoms with Crippen molar-refractivity contribution >= 4 is 20.7 Å². The Morgan fingerprint density at radius 3 is 2.51 bits per heavy atom. The van der Waals surface area contributed by atoms with Gasteiger partial charge >= 0.3 is 6.18 Å². The second-order valence-corrected chi connectivity index (χ2v) is 11.7. The van der Waals surface area contributed by atoms with E-state index in [0.29, 0.717) is 28.6 Å². The monoisotopic (exact) mass is 506 g/mol. The average molecular weight is 507 g/mol. The van der Waals surface area contributed by atoms with Crippen LogP contribution in [0.4, 0.5) is 13.2 Å². The number of hydrogen-bond acceptors (Lipinski definition) is 5. The highest BCUT2D eigenvalue weighted by atomic mass is 32.2. The van der Waals surface area contributed by atoms with Crippen LogP contribution in [-0.2, 0) is 28.1 Å². The minimum atomic E-state index is -5.03. The van der Waals surface area contributed by atoms with Crippen LogP contribution in [0.2, 0.25) is 0 Å². The van der Waals surface area contributed by atoms with Crippen LogP contribution in [-0.4, -0.2) is 43.1 Å². The van der Waals surface area contributed by atoms with Crippen molar-refractivity contribution in [2.24, 2.45) is 0 Å². The number of H-pyrrole nitrogens is 1. The van der Waals surface area contributed by atoms with Gasteiger partial charge in [-0.15, -0.1) is 0 Å². The van der Waals surface area contributed by atoms with Gasteiger partial charge in [0, 0.05) is 41.3 Å². The van der Waals surface area contributed by atoms with Gasteiger partial charge in [-0.1, -0.05) is 32.0 Å². The van der Waals surface area contributed by atoms with E-state index in [2.05, 4.69) is 4.98 Å². The number of rotatable bonds is 6. The molecule has 0 amide bonds. The average Bonchev–Trinajstić information content (AvgIpc) is 3.34. The standard InChI is InChI=1S/C25H25F3N2O4S/c1-23(2,19-11-16(35(3,32)33)10-15-8-9-34-22(15)19)14-24(31,25(26,27)28)12-21-18(13-29)17-6-4-5-7-20(17)30-21/h4-7,10-11,30-31H,8-9,12,14H2,1-3H3. The van der Waals surface area contributed by atoms with Crippen molar-refractivity contribution in [3.8, 4) is 11.8 Å². The topological polar surface area (TPSA) is 103 Å². The first kappa shape index (κ1) is 25.1. The highest BCUT2D eigenvalue weighted by Gasteiger charge is 2.56. The minimum absolute atomic E-state index is 0.0113. The zero-order valence-electron chi connectivity index (χ0n) is 19.5. The fraction of sp³-hybridized carbons (Fsp3) is 0.400. The van der Waals surface area contributed by atoms with Crippen LogP contribution in [0.25, 0.3) is 10.9 Å². The molecule has 2 aromatic carbocycles. The lowest BCUT2D eigenvalue weighted by molar-refractivity contribution is -0.266. The normalized spacial score (nSPS) is 15.9. The van der Waals surface area contributed by atoms with Gasteiger partial charge in [0.05, 0.1) is 17.1 Å². The molecule has 0 bridgehead atoms. The Labute approximate surface area is 201 Å². The number of sulfone groups is 1. The van der Waals surface area contributed by atoms with Gasteiger partial charge in [0.2, 0.25) is 0 Å². The Hall–Kier alpha value is -3.03.